The third-order valence-electron chi connectivity index (χ3n) is 3.77. The Balaban J connectivity index is 1.66. The zero-order chi connectivity index (χ0) is 19.2. The summed E-state index contributed by atoms with van der Waals surface area (Å²) in [7, 11) is 0. The highest BCUT2D eigenvalue weighted by atomic mass is 35.5. The van der Waals surface area contributed by atoms with E-state index in [4.69, 9.17) is 16.9 Å². The minimum absolute atomic E-state index is 0.185. The molecular formula is C19H16ClN5OS. The van der Waals surface area contributed by atoms with Gasteiger partial charge in [0.15, 0.2) is 11.0 Å². The summed E-state index contributed by atoms with van der Waals surface area (Å²) in [6.07, 6.45) is 0. The number of rotatable bonds is 6. The molecule has 1 aromatic heterocycles. The number of aromatic nitrogens is 3. The molecule has 136 valence electrons. The van der Waals surface area contributed by atoms with Gasteiger partial charge < -0.3 is 9.88 Å². The van der Waals surface area contributed by atoms with Crippen LogP contribution < -0.4 is 5.32 Å². The number of thioether (sulfide) groups is 1. The summed E-state index contributed by atoms with van der Waals surface area (Å²) in [6, 6.07) is 16.6. The molecule has 3 rings (SSSR count). The summed E-state index contributed by atoms with van der Waals surface area (Å²) in [5, 5.41) is 21.1. The van der Waals surface area contributed by atoms with Gasteiger partial charge in [0.2, 0.25) is 5.91 Å². The minimum atomic E-state index is -0.187. The van der Waals surface area contributed by atoms with Gasteiger partial charge in [-0.05, 0) is 25.1 Å². The van der Waals surface area contributed by atoms with Gasteiger partial charge in [0.1, 0.15) is 6.07 Å². The average molecular weight is 398 g/mol. The summed E-state index contributed by atoms with van der Waals surface area (Å²) in [6.45, 7) is 2.71. The van der Waals surface area contributed by atoms with Crippen LogP contribution in [0.3, 0.4) is 0 Å². The van der Waals surface area contributed by atoms with Crippen LogP contribution >= 0.6 is 23.4 Å². The smallest absolute Gasteiger partial charge is 0.234 e. The lowest BCUT2D eigenvalue weighted by atomic mass is 10.2. The van der Waals surface area contributed by atoms with Crippen molar-refractivity contribution in [2.75, 3.05) is 11.1 Å². The number of amides is 1. The van der Waals surface area contributed by atoms with Crippen molar-refractivity contribution < 1.29 is 4.79 Å². The van der Waals surface area contributed by atoms with Crippen LogP contribution in [0.2, 0.25) is 5.02 Å². The van der Waals surface area contributed by atoms with Crippen molar-refractivity contribution >= 4 is 35.0 Å². The number of carbonyl (C=O) groups excluding carboxylic acids is 1. The SMILES string of the molecule is CCn1c(SCC(=O)Nc2ccc(C#N)c(Cl)c2)nnc1-c1ccccc1. The standard InChI is InChI=1S/C19H16ClN5OS/c1-2-25-18(13-6-4-3-5-7-13)23-24-19(25)27-12-17(26)22-15-9-8-14(11-21)16(20)10-15/h3-10H,2,12H2,1H3,(H,22,26). The molecule has 1 amide bonds. The maximum Gasteiger partial charge on any atom is 0.234 e. The van der Waals surface area contributed by atoms with Gasteiger partial charge in [-0.3, -0.25) is 4.79 Å². The molecule has 27 heavy (non-hydrogen) atoms. The van der Waals surface area contributed by atoms with Crippen LogP contribution in [0.1, 0.15) is 12.5 Å². The second-order valence-electron chi connectivity index (χ2n) is 5.56. The van der Waals surface area contributed by atoms with Crippen LogP contribution in [0.25, 0.3) is 11.4 Å². The largest absolute Gasteiger partial charge is 0.325 e. The van der Waals surface area contributed by atoms with Gasteiger partial charge in [0.25, 0.3) is 0 Å². The topological polar surface area (TPSA) is 83.6 Å². The minimum Gasteiger partial charge on any atom is -0.325 e. The van der Waals surface area contributed by atoms with Crippen molar-refractivity contribution in [2.45, 2.75) is 18.6 Å². The summed E-state index contributed by atoms with van der Waals surface area (Å²) >= 11 is 7.30. The van der Waals surface area contributed by atoms with Gasteiger partial charge in [-0.15, -0.1) is 10.2 Å². The van der Waals surface area contributed by atoms with Crippen molar-refractivity contribution in [1.29, 1.82) is 5.26 Å². The van der Waals surface area contributed by atoms with E-state index >= 15 is 0 Å². The third-order valence-corrected chi connectivity index (χ3v) is 5.05. The molecule has 8 heteroatoms. The first-order chi connectivity index (χ1) is 13.1. The molecule has 0 aliphatic heterocycles. The molecule has 0 bridgehead atoms. The van der Waals surface area contributed by atoms with Crippen molar-refractivity contribution in [3.05, 3.63) is 59.1 Å². The first-order valence-electron chi connectivity index (χ1n) is 8.23. The molecule has 1 heterocycles. The second kappa shape index (κ2) is 8.71. The Labute approximate surface area is 166 Å². The van der Waals surface area contributed by atoms with E-state index < -0.39 is 0 Å². The van der Waals surface area contributed by atoms with E-state index in [1.54, 1.807) is 18.2 Å². The number of anilines is 1. The highest BCUT2D eigenvalue weighted by Crippen LogP contribution is 2.24. The Hall–Kier alpha value is -2.82. The van der Waals surface area contributed by atoms with Gasteiger partial charge in [-0.25, -0.2) is 0 Å². The summed E-state index contributed by atoms with van der Waals surface area (Å²) in [5.74, 6) is 0.775. The van der Waals surface area contributed by atoms with E-state index in [0.29, 0.717) is 28.0 Å². The fourth-order valence-electron chi connectivity index (χ4n) is 2.49. The lowest BCUT2D eigenvalue weighted by Gasteiger charge is -2.08. The fourth-order valence-corrected chi connectivity index (χ4v) is 3.52. The Kier molecular flexibility index (Phi) is 6.12. The van der Waals surface area contributed by atoms with E-state index in [-0.39, 0.29) is 11.7 Å². The second-order valence-corrected chi connectivity index (χ2v) is 6.91. The van der Waals surface area contributed by atoms with Crippen molar-refractivity contribution in [3.63, 3.8) is 0 Å². The quantitative estimate of drug-likeness (QED) is 0.629. The number of nitriles is 1. The first kappa shape index (κ1) is 19.0. The molecule has 3 aromatic rings. The lowest BCUT2D eigenvalue weighted by molar-refractivity contribution is -0.113. The van der Waals surface area contributed by atoms with E-state index in [1.165, 1.54) is 11.8 Å². The Morgan fingerprint density at radius 2 is 2.04 bits per heavy atom. The first-order valence-corrected chi connectivity index (χ1v) is 9.59. The molecule has 0 spiro atoms. The van der Waals surface area contributed by atoms with Crippen LogP contribution in [0, 0.1) is 11.3 Å². The van der Waals surface area contributed by atoms with E-state index in [9.17, 15) is 4.79 Å². The molecule has 0 saturated carbocycles. The molecular weight excluding hydrogens is 382 g/mol. The molecule has 0 radical (unpaired) electrons. The average Bonchev–Trinajstić information content (AvgIpc) is 3.10. The lowest BCUT2D eigenvalue weighted by Crippen LogP contribution is -2.14. The molecule has 1 N–H and O–H groups in total. The van der Waals surface area contributed by atoms with Crippen LogP contribution in [-0.2, 0) is 11.3 Å². The number of hydrogen-bond acceptors (Lipinski definition) is 5. The molecule has 6 nitrogen and oxygen atoms in total. The van der Waals surface area contributed by atoms with Crippen LogP contribution in [0.4, 0.5) is 5.69 Å². The Morgan fingerprint density at radius 3 is 2.70 bits per heavy atom. The summed E-state index contributed by atoms with van der Waals surface area (Å²) in [4.78, 5) is 12.2. The molecule has 2 aromatic carbocycles. The van der Waals surface area contributed by atoms with Crippen LogP contribution in [0.15, 0.2) is 53.7 Å². The number of halogens is 1. The highest BCUT2D eigenvalue weighted by Gasteiger charge is 2.14. The normalized spacial score (nSPS) is 10.4. The fraction of sp³-hybridized carbons (Fsp3) is 0.158. The van der Waals surface area contributed by atoms with Gasteiger partial charge in [0.05, 0.1) is 16.3 Å². The van der Waals surface area contributed by atoms with Crippen molar-refractivity contribution in [2.24, 2.45) is 0 Å². The van der Waals surface area contributed by atoms with Crippen LogP contribution in [0.5, 0.6) is 0 Å². The predicted molar refractivity (Wildman–Crippen MR) is 107 cm³/mol. The summed E-state index contributed by atoms with van der Waals surface area (Å²) in [5.41, 5.74) is 1.90. The Bertz CT molecular complexity index is 997. The molecule has 0 unspecified atom stereocenters. The van der Waals surface area contributed by atoms with Gasteiger partial charge in [-0.1, -0.05) is 53.7 Å². The summed E-state index contributed by atoms with van der Waals surface area (Å²) < 4.78 is 1.98. The molecule has 0 aliphatic rings. The van der Waals surface area contributed by atoms with Gasteiger partial charge in [-0.2, -0.15) is 5.26 Å². The van der Waals surface area contributed by atoms with Crippen LogP contribution in [-0.4, -0.2) is 26.4 Å². The molecule has 0 atom stereocenters. The van der Waals surface area contributed by atoms with Crippen molar-refractivity contribution in [3.8, 4) is 17.5 Å². The monoisotopic (exact) mass is 397 g/mol. The van der Waals surface area contributed by atoms with Gasteiger partial charge >= 0.3 is 0 Å². The number of nitrogens with one attached hydrogen (secondary N) is 1. The molecule has 0 fully saturated rings. The number of hydrogen-bond donors (Lipinski definition) is 1. The number of benzene rings is 2. The molecule has 0 saturated heterocycles. The molecule has 0 aliphatic carbocycles. The predicted octanol–water partition coefficient (Wildman–Crippen LogP) is 4.22. The van der Waals surface area contributed by atoms with Gasteiger partial charge in [0, 0.05) is 17.8 Å². The van der Waals surface area contributed by atoms with E-state index in [2.05, 4.69) is 15.5 Å². The zero-order valence-electron chi connectivity index (χ0n) is 14.5. The Morgan fingerprint density at radius 1 is 1.26 bits per heavy atom. The third kappa shape index (κ3) is 4.48. The highest BCUT2D eigenvalue weighted by molar-refractivity contribution is 7.99. The van der Waals surface area contributed by atoms with E-state index in [0.717, 1.165) is 11.4 Å². The number of carbonyl (C=O) groups is 1. The maximum absolute atomic E-state index is 12.2. The number of nitrogens with zero attached hydrogens (tertiary/aromatic N) is 4. The van der Waals surface area contributed by atoms with E-state index in [1.807, 2.05) is 47.9 Å². The zero-order valence-corrected chi connectivity index (χ0v) is 16.1. The maximum atomic E-state index is 12.2. The van der Waals surface area contributed by atoms with Crippen molar-refractivity contribution in [1.82, 2.24) is 14.8 Å².